The summed E-state index contributed by atoms with van der Waals surface area (Å²) >= 11 is 0. The van der Waals surface area contributed by atoms with Crippen LogP contribution < -0.4 is 0 Å². The van der Waals surface area contributed by atoms with E-state index in [0.29, 0.717) is 0 Å². The Labute approximate surface area is 136 Å². The molecule has 1 aliphatic rings. The van der Waals surface area contributed by atoms with Crippen LogP contribution in [0.2, 0.25) is 0 Å². The zero-order valence-electron chi connectivity index (χ0n) is 15.2. The van der Waals surface area contributed by atoms with Gasteiger partial charge in [-0.15, -0.1) is 0 Å². The van der Waals surface area contributed by atoms with Crippen LogP contribution in [0.3, 0.4) is 0 Å². The van der Waals surface area contributed by atoms with Crippen molar-refractivity contribution in [2.45, 2.75) is 47.5 Å². The van der Waals surface area contributed by atoms with Crippen LogP contribution in [0.25, 0.3) is 0 Å². The van der Waals surface area contributed by atoms with Crippen molar-refractivity contribution in [2.24, 2.45) is 5.41 Å². The monoisotopic (exact) mass is 296 g/mol. The van der Waals surface area contributed by atoms with Crippen LogP contribution in [-0.2, 0) is 0 Å². The highest BCUT2D eigenvalue weighted by Crippen LogP contribution is 2.40. The van der Waals surface area contributed by atoms with Gasteiger partial charge >= 0.3 is 0 Å². The maximum atomic E-state index is 2.34. The van der Waals surface area contributed by atoms with Crippen molar-refractivity contribution in [2.75, 3.05) is 14.1 Å². The molecule has 22 heavy (non-hydrogen) atoms. The first-order valence-electron chi connectivity index (χ1n) is 8.19. The van der Waals surface area contributed by atoms with Gasteiger partial charge in [0.1, 0.15) is 14.1 Å². The first kappa shape index (κ1) is 16.7. The summed E-state index contributed by atoms with van der Waals surface area (Å²) < 4.78 is 2.28. The van der Waals surface area contributed by atoms with E-state index in [-0.39, 0.29) is 5.41 Å². The molecule has 0 radical (unpaired) electrons. The molecule has 1 aromatic carbocycles. The van der Waals surface area contributed by atoms with Gasteiger partial charge in [-0.25, -0.2) is 4.58 Å². The summed E-state index contributed by atoms with van der Waals surface area (Å²) in [5, 5.41) is 0. The third-order valence-corrected chi connectivity index (χ3v) is 4.66. The van der Waals surface area contributed by atoms with E-state index < -0.39 is 0 Å². The lowest BCUT2D eigenvalue weighted by Crippen LogP contribution is -2.25. The summed E-state index contributed by atoms with van der Waals surface area (Å²) in [7, 11) is 4.33. The van der Waals surface area contributed by atoms with E-state index in [1.807, 2.05) is 0 Å². The summed E-state index contributed by atoms with van der Waals surface area (Å²) in [6, 6.07) is 10.8. The van der Waals surface area contributed by atoms with Crippen molar-refractivity contribution in [3.8, 4) is 0 Å². The minimum absolute atomic E-state index is 0.202. The molecule has 0 saturated heterocycles. The lowest BCUT2D eigenvalue weighted by atomic mass is 9.73. The molecule has 0 aliphatic heterocycles. The summed E-state index contributed by atoms with van der Waals surface area (Å²) in [6.45, 7) is 11.6. The summed E-state index contributed by atoms with van der Waals surface area (Å²) in [5.74, 6) is 0. The molecule has 0 heterocycles. The van der Waals surface area contributed by atoms with Crippen LogP contribution in [-0.4, -0.2) is 24.4 Å². The van der Waals surface area contributed by atoms with Gasteiger partial charge in [0.2, 0.25) is 5.71 Å². The highest BCUT2D eigenvalue weighted by molar-refractivity contribution is 6.10. The normalized spacial score (nSPS) is 16.1. The van der Waals surface area contributed by atoms with E-state index in [9.17, 15) is 0 Å². The maximum absolute atomic E-state index is 2.34. The third kappa shape index (κ3) is 3.40. The standard InChI is InChI=1S/C21H30N/c1-15-13-18(19(14-16(15)2)21(3,4)5)20(22(6)7)17-11-9-8-10-12-17/h8-12H,13-14H2,1-7H3/q+1. The van der Waals surface area contributed by atoms with Crippen molar-refractivity contribution in [3.05, 3.63) is 58.2 Å². The first-order valence-corrected chi connectivity index (χ1v) is 8.19. The predicted molar refractivity (Wildman–Crippen MR) is 96.7 cm³/mol. The molecule has 2 rings (SSSR count). The number of rotatable bonds is 2. The predicted octanol–water partition coefficient (Wildman–Crippen LogP) is 5.22. The maximum Gasteiger partial charge on any atom is 0.210 e. The first-order chi connectivity index (χ1) is 10.2. The number of hydrogen-bond acceptors (Lipinski definition) is 0. The second kappa shape index (κ2) is 6.24. The van der Waals surface area contributed by atoms with Crippen molar-refractivity contribution in [1.82, 2.24) is 0 Å². The van der Waals surface area contributed by atoms with Crippen molar-refractivity contribution in [3.63, 3.8) is 0 Å². The average molecular weight is 296 g/mol. The largest absolute Gasteiger partial charge is 0.235 e. The van der Waals surface area contributed by atoms with Gasteiger partial charge in [-0.1, -0.05) is 55.7 Å². The SMILES string of the molecule is CC1=C(C)CC(C(C)(C)C)=C(C(c2ccccc2)=[N+](C)C)C1. The summed E-state index contributed by atoms with van der Waals surface area (Å²) in [6.07, 6.45) is 2.18. The Morgan fingerprint density at radius 2 is 1.45 bits per heavy atom. The molecule has 0 atom stereocenters. The molecule has 0 saturated carbocycles. The van der Waals surface area contributed by atoms with Crippen molar-refractivity contribution >= 4 is 5.71 Å². The Bertz CT molecular complexity index is 645. The fraction of sp³-hybridized carbons (Fsp3) is 0.476. The van der Waals surface area contributed by atoms with Crippen LogP contribution in [0.1, 0.15) is 53.0 Å². The van der Waals surface area contributed by atoms with Crippen LogP contribution in [0.5, 0.6) is 0 Å². The molecule has 118 valence electrons. The van der Waals surface area contributed by atoms with Crippen LogP contribution in [0.15, 0.2) is 52.6 Å². The molecule has 0 unspecified atom stereocenters. The summed E-state index contributed by atoms with van der Waals surface area (Å²) in [4.78, 5) is 0. The zero-order valence-corrected chi connectivity index (χ0v) is 15.2. The molecule has 0 N–H and O–H groups in total. The Balaban J connectivity index is 2.65. The van der Waals surface area contributed by atoms with Gasteiger partial charge in [-0.2, -0.15) is 0 Å². The summed E-state index contributed by atoms with van der Waals surface area (Å²) in [5.41, 5.74) is 9.06. The van der Waals surface area contributed by atoms with E-state index >= 15 is 0 Å². The molecule has 0 bridgehead atoms. The van der Waals surface area contributed by atoms with Gasteiger partial charge in [0.25, 0.3) is 0 Å². The highest BCUT2D eigenvalue weighted by atomic mass is 14.9. The van der Waals surface area contributed by atoms with Crippen LogP contribution in [0.4, 0.5) is 0 Å². The van der Waals surface area contributed by atoms with Gasteiger partial charge in [0.15, 0.2) is 0 Å². The molecule has 1 nitrogen and oxygen atoms in total. The van der Waals surface area contributed by atoms with Gasteiger partial charge < -0.3 is 0 Å². The second-order valence-electron chi connectivity index (χ2n) is 7.73. The lowest BCUT2D eigenvalue weighted by molar-refractivity contribution is -0.463. The average Bonchev–Trinajstić information content (AvgIpc) is 2.42. The topological polar surface area (TPSA) is 3.01 Å². The molecule has 0 fully saturated rings. The highest BCUT2D eigenvalue weighted by Gasteiger charge is 2.31. The molecule has 1 aliphatic carbocycles. The molecular formula is C21H30N+. The molecule has 1 aromatic rings. The second-order valence-corrected chi connectivity index (χ2v) is 7.73. The minimum atomic E-state index is 0.202. The third-order valence-electron chi connectivity index (χ3n) is 4.66. The van der Waals surface area contributed by atoms with Crippen molar-refractivity contribution < 1.29 is 4.58 Å². The zero-order chi connectivity index (χ0) is 16.5. The van der Waals surface area contributed by atoms with Crippen molar-refractivity contribution in [1.29, 1.82) is 0 Å². The Morgan fingerprint density at radius 1 is 0.909 bits per heavy atom. The number of benzene rings is 1. The van der Waals surface area contributed by atoms with E-state index in [2.05, 4.69) is 83.6 Å². The molecule has 1 heteroatoms. The van der Waals surface area contributed by atoms with E-state index in [0.717, 1.165) is 12.8 Å². The Morgan fingerprint density at radius 3 is 1.95 bits per heavy atom. The van der Waals surface area contributed by atoms with Crippen LogP contribution >= 0.6 is 0 Å². The molecular weight excluding hydrogens is 266 g/mol. The van der Waals surface area contributed by atoms with Gasteiger partial charge in [0, 0.05) is 11.1 Å². The van der Waals surface area contributed by atoms with Gasteiger partial charge in [-0.3, -0.25) is 0 Å². The van der Waals surface area contributed by atoms with E-state index in [4.69, 9.17) is 0 Å². The smallest absolute Gasteiger partial charge is 0.210 e. The lowest BCUT2D eigenvalue weighted by Gasteiger charge is -2.31. The van der Waals surface area contributed by atoms with Gasteiger partial charge in [0.05, 0.1) is 0 Å². The minimum Gasteiger partial charge on any atom is -0.235 e. The number of hydrogen-bond donors (Lipinski definition) is 0. The Hall–Kier alpha value is -1.63. The van der Waals surface area contributed by atoms with E-state index in [1.165, 1.54) is 22.4 Å². The van der Waals surface area contributed by atoms with Gasteiger partial charge in [-0.05, 0) is 44.2 Å². The van der Waals surface area contributed by atoms with Crippen LogP contribution in [0, 0.1) is 5.41 Å². The number of allylic oxidation sites excluding steroid dienone is 4. The quantitative estimate of drug-likeness (QED) is 0.400. The van der Waals surface area contributed by atoms with E-state index in [1.54, 1.807) is 11.1 Å². The number of nitrogens with zero attached hydrogens (tertiary/aromatic N) is 1. The molecule has 0 amide bonds. The Kier molecular flexibility index (Phi) is 4.75. The fourth-order valence-electron chi connectivity index (χ4n) is 3.29. The molecule has 0 spiro atoms. The fourth-order valence-corrected chi connectivity index (χ4v) is 3.29. The molecule has 0 aromatic heterocycles.